The van der Waals surface area contributed by atoms with Crippen molar-refractivity contribution in [1.82, 2.24) is 0 Å². The summed E-state index contributed by atoms with van der Waals surface area (Å²) in [5, 5.41) is 8.61. The van der Waals surface area contributed by atoms with Crippen LogP contribution in [0.1, 0.15) is 5.56 Å². The SMILES string of the molecule is O=C(O)O[C@H]1Cc2c(Cl)ccc(Cl)c2O[C@H]1C(F)(F)F. The van der Waals surface area contributed by atoms with Gasteiger partial charge in [0.25, 0.3) is 0 Å². The molecule has 0 unspecified atom stereocenters. The third-order valence-corrected chi connectivity index (χ3v) is 3.37. The first kappa shape index (κ1) is 15.1. The van der Waals surface area contributed by atoms with Crippen LogP contribution in [-0.4, -0.2) is 29.6 Å². The molecule has 0 spiro atoms. The lowest BCUT2D eigenvalue weighted by molar-refractivity contribution is -0.225. The number of fused-ring (bicyclic) bond motifs is 1. The smallest absolute Gasteiger partial charge is 0.475 e. The minimum atomic E-state index is -4.80. The minimum Gasteiger partial charge on any atom is -0.475 e. The number of benzene rings is 1. The van der Waals surface area contributed by atoms with Gasteiger partial charge in [0, 0.05) is 17.0 Å². The van der Waals surface area contributed by atoms with Crippen LogP contribution in [0.5, 0.6) is 5.75 Å². The fourth-order valence-electron chi connectivity index (χ4n) is 1.91. The molecule has 1 aromatic rings. The first-order chi connectivity index (χ1) is 9.20. The van der Waals surface area contributed by atoms with E-state index in [1.807, 2.05) is 0 Å². The van der Waals surface area contributed by atoms with Crippen LogP contribution in [0.2, 0.25) is 10.0 Å². The van der Waals surface area contributed by atoms with Crippen LogP contribution in [-0.2, 0) is 11.2 Å². The van der Waals surface area contributed by atoms with Gasteiger partial charge in [0.15, 0.2) is 6.10 Å². The minimum absolute atomic E-state index is 0.0348. The second kappa shape index (κ2) is 5.21. The summed E-state index contributed by atoms with van der Waals surface area (Å²) < 4.78 is 47.7. The Labute approximate surface area is 121 Å². The van der Waals surface area contributed by atoms with E-state index in [0.29, 0.717) is 0 Å². The van der Waals surface area contributed by atoms with Gasteiger partial charge in [-0.05, 0) is 12.1 Å². The Balaban J connectivity index is 2.44. The molecule has 1 aliphatic rings. The van der Waals surface area contributed by atoms with Gasteiger partial charge in [0.1, 0.15) is 5.75 Å². The fourth-order valence-corrected chi connectivity index (χ4v) is 2.36. The maximum Gasteiger partial charge on any atom is 0.506 e. The number of carboxylic acid groups (broad SMARTS) is 1. The first-order valence-electron chi connectivity index (χ1n) is 5.30. The van der Waals surface area contributed by atoms with E-state index in [1.54, 1.807) is 0 Å². The number of hydrogen-bond acceptors (Lipinski definition) is 3. The van der Waals surface area contributed by atoms with Gasteiger partial charge >= 0.3 is 12.3 Å². The van der Waals surface area contributed by atoms with Gasteiger partial charge in [-0.25, -0.2) is 4.79 Å². The zero-order chi connectivity index (χ0) is 15.1. The molecule has 110 valence electrons. The maximum atomic E-state index is 12.9. The van der Waals surface area contributed by atoms with Crippen molar-refractivity contribution in [3.8, 4) is 5.75 Å². The van der Waals surface area contributed by atoms with Gasteiger partial charge in [0.2, 0.25) is 6.10 Å². The molecular formula is C11H7Cl2F3O4. The number of ether oxygens (including phenoxy) is 2. The van der Waals surface area contributed by atoms with E-state index in [1.165, 1.54) is 12.1 Å². The molecular weight excluding hydrogens is 324 g/mol. The monoisotopic (exact) mass is 330 g/mol. The van der Waals surface area contributed by atoms with Gasteiger partial charge in [-0.3, -0.25) is 0 Å². The Kier molecular flexibility index (Phi) is 3.93. The molecule has 4 nitrogen and oxygen atoms in total. The molecule has 0 amide bonds. The Morgan fingerprint density at radius 2 is 1.95 bits per heavy atom. The number of rotatable bonds is 1. The van der Waals surface area contributed by atoms with Crippen LogP contribution in [0, 0.1) is 0 Å². The molecule has 9 heteroatoms. The average molecular weight is 331 g/mol. The number of alkyl halides is 3. The van der Waals surface area contributed by atoms with Crippen molar-refractivity contribution < 1.29 is 32.5 Å². The van der Waals surface area contributed by atoms with Crippen molar-refractivity contribution in [3.63, 3.8) is 0 Å². The lowest BCUT2D eigenvalue weighted by Gasteiger charge is -2.34. The molecule has 1 aromatic carbocycles. The molecule has 0 bridgehead atoms. The zero-order valence-corrected chi connectivity index (χ0v) is 11.1. The van der Waals surface area contributed by atoms with Crippen LogP contribution in [0.15, 0.2) is 12.1 Å². The predicted octanol–water partition coefficient (Wildman–Crippen LogP) is 3.92. The normalized spacial score (nSPS) is 21.9. The van der Waals surface area contributed by atoms with Gasteiger partial charge in [0.05, 0.1) is 5.02 Å². The molecule has 1 aliphatic heterocycles. The van der Waals surface area contributed by atoms with Crippen molar-refractivity contribution in [2.75, 3.05) is 0 Å². The lowest BCUT2D eigenvalue weighted by Crippen LogP contribution is -2.49. The molecule has 0 fully saturated rings. The molecule has 2 rings (SSSR count). The van der Waals surface area contributed by atoms with Crippen LogP contribution in [0.4, 0.5) is 18.0 Å². The highest BCUT2D eigenvalue weighted by atomic mass is 35.5. The molecule has 0 radical (unpaired) electrons. The van der Waals surface area contributed by atoms with E-state index in [2.05, 4.69) is 4.74 Å². The van der Waals surface area contributed by atoms with Crippen LogP contribution >= 0.6 is 23.2 Å². The number of halogens is 5. The third kappa shape index (κ3) is 2.88. The molecule has 0 saturated heterocycles. The Hall–Kier alpha value is -1.34. The topological polar surface area (TPSA) is 55.8 Å². The van der Waals surface area contributed by atoms with Gasteiger partial charge < -0.3 is 14.6 Å². The van der Waals surface area contributed by atoms with E-state index in [0.717, 1.165) is 0 Å². The summed E-state index contributed by atoms with van der Waals surface area (Å²) in [4.78, 5) is 10.5. The average Bonchev–Trinajstić information content (AvgIpc) is 2.31. The van der Waals surface area contributed by atoms with Crippen LogP contribution in [0.3, 0.4) is 0 Å². The molecule has 1 heterocycles. The largest absolute Gasteiger partial charge is 0.506 e. The second-order valence-electron chi connectivity index (χ2n) is 4.04. The third-order valence-electron chi connectivity index (χ3n) is 2.72. The van der Waals surface area contributed by atoms with Crippen molar-refractivity contribution in [1.29, 1.82) is 0 Å². The van der Waals surface area contributed by atoms with Crippen molar-refractivity contribution in [3.05, 3.63) is 27.7 Å². The van der Waals surface area contributed by atoms with Crippen LogP contribution in [0.25, 0.3) is 0 Å². The standard InChI is InChI=1S/C11H7Cl2F3O4/c12-5-1-2-6(13)8-4(5)3-7(19-10(17)18)9(20-8)11(14,15)16/h1-2,7,9H,3H2,(H,17,18)/t7-,9+/m0/s1. The lowest BCUT2D eigenvalue weighted by atomic mass is 9.98. The van der Waals surface area contributed by atoms with Gasteiger partial charge in [-0.2, -0.15) is 13.2 Å². The van der Waals surface area contributed by atoms with E-state index in [-0.39, 0.29) is 27.8 Å². The Bertz CT molecular complexity index is 547. The molecule has 20 heavy (non-hydrogen) atoms. The molecule has 0 aliphatic carbocycles. The Morgan fingerprint density at radius 1 is 1.35 bits per heavy atom. The summed E-state index contributed by atoms with van der Waals surface area (Å²) in [6.07, 6.45) is -11.2. The van der Waals surface area contributed by atoms with Crippen molar-refractivity contribution in [2.24, 2.45) is 0 Å². The van der Waals surface area contributed by atoms with E-state index < -0.39 is 24.5 Å². The summed E-state index contributed by atoms with van der Waals surface area (Å²) in [6.45, 7) is 0. The van der Waals surface area contributed by atoms with Crippen molar-refractivity contribution in [2.45, 2.75) is 24.8 Å². The van der Waals surface area contributed by atoms with Gasteiger partial charge in [-0.15, -0.1) is 0 Å². The van der Waals surface area contributed by atoms with E-state index >= 15 is 0 Å². The highest BCUT2D eigenvalue weighted by molar-refractivity contribution is 6.34. The highest BCUT2D eigenvalue weighted by Crippen LogP contribution is 2.43. The number of hydrogen-bond donors (Lipinski definition) is 1. The maximum absolute atomic E-state index is 12.9. The predicted molar refractivity (Wildman–Crippen MR) is 63.5 cm³/mol. The zero-order valence-electron chi connectivity index (χ0n) is 9.58. The Morgan fingerprint density at radius 3 is 2.50 bits per heavy atom. The highest BCUT2D eigenvalue weighted by Gasteiger charge is 2.52. The first-order valence-corrected chi connectivity index (χ1v) is 6.05. The summed E-state index contributed by atoms with van der Waals surface area (Å²) in [5.41, 5.74) is 0.186. The summed E-state index contributed by atoms with van der Waals surface area (Å²) >= 11 is 11.6. The quantitative estimate of drug-likeness (QED) is 0.793. The van der Waals surface area contributed by atoms with E-state index in [9.17, 15) is 18.0 Å². The second-order valence-corrected chi connectivity index (χ2v) is 4.86. The molecule has 0 aromatic heterocycles. The van der Waals surface area contributed by atoms with Crippen molar-refractivity contribution >= 4 is 29.4 Å². The summed E-state index contributed by atoms with van der Waals surface area (Å²) in [7, 11) is 0. The van der Waals surface area contributed by atoms with E-state index in [4.69, 9.17) is 33.0 Å². The van der Waals surface area contributed by atoms with Crippen LogP contribution < -0.4 is 4.74 Å². The summed E-state index contributed by atoms with van der Waals surface area (Å²) in [5.74, 6) is -0.202. The molecule has 0 saturated carbocycles. The molecule has 1 N–H and O–H groups in total. The molecule has 2 atom stereocenters. The summed E-state index contributed by atoms with van der Waals surface area (Å²) in [6, 6.07) is 2.69. The fraction of sp³-hybridized carbons (Fsp3) is 0.364. The number of carbonyl (C=O) groups is 1. The van der Waals surface area contributed by atoms with Gasteiger partial charge in [-0.1, -0.05) is 23.2 Å².